The van der Waals surface area contributed by atoms with Crippen molar-refractivity contribution < 1.29 is 14.3 Å². The van der Waals surface area contributed by atoms with E-state index < -0.39 is 6.04 Å². The summed E-state index contributed by atoms with van der Waals surface area (Å²) in [4.78, 5) is 23.3. The Balaban J connectivity index is 2.43. The Bertz CT molecular complexity index is 270. The summed E-state index contributed by atoms with van der Waals surface area (Å²) < 4.78 is 4.69. The van der Waals surface area contributed by atoms with E-state index in [4.69, 9.17) is 4.74 Å². The number of esters is 1. The summed E-state index contributed by atoms with van der Waals surface area (Å²) >= 11 is 0. The van der Waals surface area contributed by atoms with Crippen molar-refractivity contribution in [2.75, 3.05) is 7.11 Å². The van der Waals surface area contributed by atoms with Crippen molar-refractivity contribution in [3.63, 3.8) is 0 Å². The van der Waals surface area contributed by atoms with Gasteiger partial charge in [0, 0.05) is 6.42 Å². The summed E-state index contributed by atoms with van der Waals surface area (Å²) in [7, 11) is 1.35. The Kier molecular flexibility index (Phi) is 5.45. The summed E-state index contributed by atoms with van der Waals surface area (Å²) in [6.45, 7) is 3.80. The Morgan fingerprint density at radius 2 is 1.88 bits per heavy atom. The molecule has 1 atom stereocenters. The second-order valence-electron chi connectivity index (χ2n) is 5.17. The molecule has 1 unspecified atom stereocenters. The molecule has 1 rings (SSSR count). The largest absolute Gasteiger partial charge is 0.467 e. The van der Waals surface area contributed by atoms with Crippen LogP contribution in [0, 0.1) is 11.8 Å². The lowest BCUT2D eigenvalue weighted by Gasteiger charge is -2.20. The van der Waals surface area contributed by atoms with Gasteiger partial charge >= 0.3 is 5.97 Å². The molecule has 1 saturated carbocycles. The van der Waals surface area contributed by atoms with Gasteiger partial charge in [0.2, 0.25) is 5.91 Å². The van der Waals surface area contributed by atoms with E-state index in [2.05, 4.69) is 5.32 Å². The fourth-order valence-electron chi connectivity index (χ4n) is 2.33. The molecule has 98 valence electrons. The van der Waals surface area contributed by atoms with E-state index in [0.29, 0.717) is 12.3 Å². The zero-order valence-corrected chi connectivity index (χ0v) is 11.0. The number of rotatable bonds is 5. The maximum Gasteiger partial charge on any atom is 0.328 e. The number of hydrogen-bond acceptors (Lipinski definition) is 3. The molecule has 1 fully saturated rings. The van der Waals surface area contributed by atoms with Crippen molar-refractivity contribution >= 4 is 11.9 Å². The van der Waals surface area contributed by atoms with Crippen LogP contribution in [0.2, 0.25) is 0 Å². The van der Waals surface area contributed by atoms with Crippen LogP contribution in [0.5, 0.6) is 0 Å². The van der Waals surface area contributed by atoms with E-state index in [-0.39, 0.29) is 17.8 Å². The van der Waals surface area contributed by atoms with Crippen molar-refractivity contribution in [1.82, 2.24) is 5.32 Å². The second kappa shape index (κ2) is 6.62. The number of ether oxygens (including phenoxy) is 1. The third kappa shape index (κ3) is 4.36. The maximum atomic E-state index is 11.8. The van der Waals surface area contributed by atoms with E-state index in [1.807, 2.05) is 13.8 Å². The molecule has 4 heteroatoms. The van der Waals surface area contributed by atoms with Gasteiger partial charge in [0.25, 0.3) is 0 Å². The second-order valence-corrected chi connectivity index (χ2v) is 5.17. The molecule has 0 radical (unpaired) electrons. The summed E-state index contributed by atoms with van der Waals surface area (Å²) in [6.07, 6.45) is 5.27. The van der Waals surface area contributed by atoms with Gasteiger partial charge in [-0.2, -0.15) is 0 Å². The van der Waals surface area contributed by atoms with Crippen molar-refractivity contribution in [3.8, 4) is 0 Å². The van der Waals surface area contributed by atoms with Crippen LogP contribution >= 0.6 is 0 Å². The summed E-state index contributed by atoms with van der Waals surface area (Å²) in [5.74, 6) is 0.163. The molecule has 0 aliphatic heterocycles. The normalized spacial score (nSPS) is 18.1. The van der Waals surface area contributed by atoms with Crippen LogP contribution in [0.3, 0.4) is 0 Å². The van der Waals surface area contributed by atoms with E-state index >= 15 is 0 Å². The Labute approximate surface area is 103 Å². The highest BCUT2D eigenvalue weighted by molar-refractivity contribution is 5.84. The van der Waals surface area contributed by atoms with Crippen LogP contribution in [0.4, 0.5) is 0 Å². The maximum absolute atomic E-state index is 11.8. The minimum absolute atomic E-state index is 0.0269. The first-order valence-electron chi connectivity index (χ1n) is 6.41. The summed E-state index contributed by atoms with van der Waals surface area (Å²) in [5, 5.41) is 2.78. The Hall–Kier alpha value is -1.06. The van der Waals surface area contributed by atoms with Crippen molar-refractivity contribution in [2.45, 2.75) is 52.0 Å². The van der Waals surface area contributed by atoms with Crippen LogP contribution in [-0.2, 0) is 14.3 Å². The van der Waals surface area contributed by atoms with E-state index in [1.54, 1.807) is 0 Å². The molecule has 4 nitrogen and oxygen atoms in total. The number of hydrogen-bond donors (Lipinski definition) is 1. The van der Waals surface area contributed by atoms with Crippen molar-refractivity contribution in [3.05, 3.63) is 0 Å². The smallest absolute Gasteiger partial charge is 0.328 e. The molecule has 0 saturated heterocycles. The highest BCUT2D eigenvalue weighted by Crippen LogP contribution is 2.27. The summed E-state index contributed by atoms with van der Waals surface area (Å²) in [5.41, 5.74) is 0. The average Bonchev–Trinajstić information content (AvgIpc) is 2.77. The highest BCUT2D eigenvalue weighted by Gasteiger charge is 2.26. The molecule has 1 aliphatic rings. The number of nitrogens with one attached hydrogen (secondary N) is 1. The molecule has 0 aromatic carbocycles. The van der Waals surface area contributed by atoms with Crippen LogP contribution in [0.15, 0.2) is 0 Å². The van der Waals surface area contributed by atoms with E-state index in [9.17, 15) is 9.59 Å². The molecule has 1 amide bonds. The minimum atomic E-state index is -0.520. The molecule has 0 aromatic rings. The monoisotopic (exact) mass is 241 g/mol. The summed E-state index contributed by atoms with van der Waals surface area (Å²) in [6, 6.07) is -0.520. The lowest BCUT2D eigenvalue weighted by molar-refractivity contribution is -0.146. The van der Waals surface area contributed by atoms with Crippen molar-refractivity contribution in [1.29, 1.82) is 0 Å². The first-order chi connectivity index (χ1) is 8.04. The number of methoxy groups -OCH3 is 1. The topological polar surface area (TPSA) is 55.4 Å². The molecule has 0 bridgehead atoms. The third-order valence-electron chi connectivity index (χ3n) is 3.39. The van der Waals surface area contributed by atoms with Gasteiger partial charge in [0.15, 0.2) is 0 Å². The van der Waals surface area contributed by atoms with Gasteiger partial charge in [0.05, 0.1) is 7.11 Å². The van der Waals surface area contributed by atoms with Crippen LogP contribution in [0.1, 0.15) is 46.0 Å². The van der Waals surface area contributed by atoms with Gasteiger partial charge in [0.1, 0.15) is 6.04 Å². The van der Waals surface area contributed by atoms with Gasteiger partial charge in [-0.3, -0.25) is 4.79 Å². The molecule has 17 heavy (non-hydrogen) atoms. The number of carbonyl (C=O) groups excluding carboxylic acids is 2. The first-order valence-corrected chi connectivity index (χ1v) is 6.41. The molecular weight excluding hydrogens is 218 g/mol. The standard InChI is InChI=1S/C13H23NO3/c1-9(2)12(13(16)17-3)14-11(15)8-10-6-4-5-7-10/h9-10,12H,4-8H2,1-3H3,(H,14,15). The number of amides is 1. The van der Waals surface area contributed by atoms with Crippen LogP contribution in [0.25, 0.3) is 0 Å². The lowest BCUT2D eigenvalue weighted by Crippen LogP contribution is -2.45. The third-order valence-corrected chi connectivity index (χ3v) is 3.39. The average molecular weight is 241 g/mol. The first kappa shape index (κ1) is 14.0. The van der Waals surface area contributed by atoms with E-state index in [1.165, 1.54) is 20.0 Å². The van der Waals surface area contributed by atoms with Crippen LogP contribution < -0.4 is 5.32 Å². The highest BCUT2D eigenvalue weighted by atomic mass is 16.5. The zero-order valence-electron chi connectivity index (χ0n) is 11.0. The Morgan fingerprint density at radius 3 is 2.35 bits per heavy atom. The fourth-order valence-corrected chi connectivity index (χ4v) is 2.33. The molecule has 0 spiro atoms. The molecule has 0 aromatic heterocycles. The van der Waals surface area contributed by atoms with Gasteiger partial charge in [-0.15, -0.1) is 0 Å². The quantitative estimate of drug-likeness (QED) is 0.748. The SMILES string of the molecule is COC(=O)C(NC(=O)CC1CCCC1)C(C)C. The predicted molar refractivity (Wildman–Crippen MR) is 65.4 cm³/mol. The van der Waals surface area contributed by atoms with Gasteiger partial charge in [-0.05, 0) is 24.7 Å². The van der Waals surface area contributed by atoms with E-state index in [0.717, 1.165) is 12.8 Å². The molecule has 0 heterocycles. The molecular formula is C13H23NO3. The zero-order chi connectivity index (χ0) is 12.8. The molecule has 1 N–H and O–H groups in total. The fraction of sp³-hybridized carbons (Fsp3) is 0.846. The Morgan fingerprint density at radius 1 is 1.29 bits per heavy atom. The van der Waals surface area contributed by atoms with Gasteiger partial charge < -0.3 is 10.1 Å². The van der Waals surface area contributed by atoms with Gasteiger partial charge in [-0.25, -0.2) is 4.79 Å². The van der Waals surface area contributed by atoms with Crippen LogP contribution in [-0.4, -0.2) is 25.0 Å². The number of carbonyl (C=O) groups is 2. The minimum Gasteiger partial charge on any atom is -0.467 e. The predicted octanol–water partition coefficient (Wildman–Crippen LogP) is 1.88. The molecule has 1 aliphatic carbocycles. The van der Waals surface area contributed by atoms with Gasteiger partial charge in [-0.1, -0.05) is 26.7 Å². The van der Waals surface area contributed by atoms with Crippen molar-refractivity contribution in [2.24, 2.45) is 11.8 Å². The lowest BCUT2D eigenvalue weighted by atomic mass is 10.0.